The molecule has 46 heavy (non-hydrogen) atoms. The lowest BCUT2D eigenvalue weighted by Gasteiger charge is -2.39. The van der Waals surface area contributed by atoms with Crippen LogP contribution in [0.15, 0.2) is 59.3 Å². The second-order valence-electron chi connectivity index (χ2n) is 13.8. The second kappa shape index (κ2) is 10.7. The number of piperidine rings is 1. The van der Waals surface area contributed by atoms with E-state index in [-0.39, 0.29) is 29.8 Å². The van der Waals surface area contributed by atoms with Gasteiger partial charge >= 0.3 is 0 Å². The van der Waals surface area contributed by atoms with E-state index in [1.165, 1.54) is 23.7 Å². The van der Waals surface area contributed by atoms with E-state index in [2.05, 4.69) is 39.5 Å². The number of para-hydroxylation sites is 1. The maximum absolute atomic E-state index is 13.9. The number of amides is 2. The topological polar surface area (TPSA) is 98.6 Å². The highest BCUT2D eigenvalue weighted by molar-refractivity contribution is 7.08. The number of imidazole rings is 1. The van der Waals surface area contributed by atoms with Crippen molar-refractivity contribution < 1.29 is 14.3 Å². The van der Waals surface area contributed by atoms with Crippen LogP contribution in [0.25, 0.3) is 33.5 Å². The van der Waals surface area contributed by atoms with Gasteiger partial charge in [-0.3, -0.25) is 9.59 Å². The smallest absolute Gasteiger partial charge is 0.254 e. The summed E-state index contributed by atoms with van der Waals surface area (Å²) in [6, 6.07) is 16.7. The number of ether oxygens (including phenoxy) is 1. The van der Waals surface area contributed by atoms with Crippen molar-refractivity contribution in [2.45, 2.75) is 50.9 Å². The van der Waals surface area contributed by atoms with E-state index in [0.29, 0.717) is 49.3 Å². The van der Waals surface area contributed by atoms with Gasteiger partial charge in [-0.1, -0.05) is 18.2 Å². The fraction of sp³-hybridized carbons (Fsp3) is 0.417. The monoisotopic (exact) mass is 634 g/mol. The lowest BCUT2D eigenvalue weighted by atomic mass is 9.98. The summed E-state index contributed by atoms with van der Waals surface area (Å²) in [4.78, 5) is 36.1. The van der Waals surface area contributed by atoms with Gasteiger partial charge in [0.05, 0.1) is 23.9 Å². The summed E-state index contributed by atoms with van der Waals surface area (Å²) in [5.74, 6) is 2.94. The fourth-order valence-corrected chi connectivity index (χ4v) is 8.79. The number of nitrogens with zero attached hydrogens (tertiary/aromatic N) is 5. The highest BCUT2D eigenvalue weighted by Gasteiger charge is 2.47. The van der Waals surface area contributed by atoms with Crippen LogP contribution in [-0.4, -0.2) is 74.6 Å². The van der Waals surface area contributed by atoms with Crippen LogP contribution in [0.4, 0.5) is 0 Å². The van der Waals surface area contributed by atoms with Gasteiger partial charge < -0.3 is 29.4 Å². The number of carbonyl (C=O) groups excluding carboxylic acids is 2. The zero-order valence-corrected chi connectivity index (χ0v) is 26.8. The maximum Gasteiger partial charge on any atom is 0.254 e. The Morgan fingerprint density at radius 2 is 1.76 bits per heavy atom. The van der Waals surface area contributed by atoms with E-state index < -0.39 is 0 Å². The van der Waals surface area contributed by atoms with Crippen molar-refractivity contribution in [3.05, 3.63) is 70.4 Å². The normalized spacial score (nSPS) is 22.7. The maximum atomic E-state index is 13.9. The first-order valence-corrected chi connectivity index (χ1v) is 17.5. The van der Waals surface area contributed by atoms with Gasteiger partial charge in [0.15, 0.2) is 5.82 Å². The van der Waals surface area contributed by atoms with Crippen molar-refractivity contribution in [1.82, 2.24) is 23.9 Å². The van der Waals surface area contributed by atoms with E-state index in [9.17, 15) is 9.59 Å². The third kappa shape index (κ3) is 4.48. The van der Waals surface area contributed by atoms with Crippen LogP contribution in [0.1, 0.15) is 46.4 Å². The molecule has 3 aromatic heterocycles. The van der Waals surface area contributed by atoms with Crippen LogP contribution in [0.3, 0.4) is 0 Å². The van der Waals surface area contributed by atoms with E-state index >= 15 is 0 Å². The van der Waals surface area contributed by atoms with Gasteiger partial charge in [-0.05, 0) is 73.2 Å². The standard InChI is InChI=1S/C36H38N6O3S/c1-45-31-14-26(36(44)41-19-24-8-9-29(41)32(24)37)12-27-33(31)42(18-22-15-39(16-22)35(43)25-10-11-46-20-25)34(38-27)30-13-23-4-2-3-5-28(23)40(30)17-21-6-7-21/h2-5,10-14,20-22,24,29,32H,6-9,15-19,37H2,1H3/t24?,29?,32-/m1/s1. The Labute approximate surface area is 271 Å². The Morgan fingerprint density at radius 3 is 2.48 bits per heavy atom. The van der Waals surface area contributed by atoms with Crippen LogP contribution in [0, 0.1) is 17.8 Å². The number of hydrogen-bond donors (Lipinski definition) is 1. The number of benzene rings is 2. The molecule has 5 aromatic rings. The minimum atomic E-state index is 0.00312. The Kier molecular flexibility index (Phi) is 6.54. The number of thiophene rings is 1. The molecule has 2 aliphatic carbocycles. The Bertz CT molecular complexity index is 1990. The van der Waals surface area contributed by atoms with Crippen LogP contribution in [-0.2, 0) is 13.1 Å². The van der Waals surface area contributed by atoms with Crippen molar-refractivity contribution in [3.63, 3.8) is 0 Å². The number of nitrogens with two attached hydrogens (primary N) is 1. The second-order valence-corrected chi connectivity index (χ2v) is 14.5. The summed E-state index contributed by atoms with van der Waals surface area (Å²) in [5, 5.41) is 5.06. The molecule has 2 saturated carbocycles. The van der Waals surface area contributed by atoms with Crippen LogP contribution in [0.5, 0.6) is 5.75 Å². The zero-order chi connectivity index (χ0) is 31.1. The molecule has 2 N–H and O–H groups in total. The van der Waals surface area contributed by atoms with Gasteiger partial charge in [0.1, 0.15) is 11.3 Å². The molecule has 9 rings (SSSR count). The molecule has 4 fully saturated rings. The van der Waals surface area contributed by atoms with Gasteiger partial charge in [-0.25, -0.2) is 4.98 Å². The average molecular weight is 635 g/mol. The molecule has 4 aliphatic rings. The molecule has 2 unspecified atom stereocenters. The number of fused-ring (bicyclic) bond motifs is 4. The van der Waals surface area contributed by atoms with E-state index in [0.717, 1.165) is 47.5 Å². The highest BCUT2D eigenvalue weighted by Crippen LogP contribution is 2.41. The van der Waals surface area contributed by atoms with Crippen molar-refractivity contribution in [1.29, 1.82) is 0 Å². The van der Waals surface area contributed by atoms with Gasteiger partial charge in [0, 0.05) is 72.6 Å². The van der Waals surface area contributed by atoms with Crippen LogP contribution < -0.4 is 10.5 Å². The molecule has 2 saturated heterocycles. The zero-order valence-electron chi connectivity index (χ0n) is 26.0. The van der Waals surface area contributed by atoms with Gasteiger partial charge in [-0.2, -0.15) is 11.3 Å². The fourth-order valence-electron chi connectivity index (χ4n) is 8.16. The first kappa shape index (κ1) is 28.1. The molecule has 2 amide bonds. The van der Waals surface area contributed by atoms with Gasteiger partial charge in [0.25, 0.3) is 11.8 Å². The molecule has 0 spiro atoms. The summed E-state index contributed by atoms with van der Waals surface area (Å²) in [7, 11) is 1.67. The van der Waals surface area contributed by atoms with Crippen molar-refractivity contribution in [2.24, 2.45) is 23.5 Å². The third-order valence-electron chi connectivity index (χ3n) is 10.8. The number of carbonyl (C=O) groups is 2. The molecular weight excluding hydrogens is 597 g/mol. The summed E-state index contributed by atoms with van der Waals surface area (Å²) < 4.78 is 10.7. The molecule has 2 bridgehead atoms. The van der Waals surface area contributed by atoms with Crippen LogP contribution >= 0.6 is 11.3 Å². The first-order valence-electron chi connectivity index (χ1n) is 16.5. The molecule has 5 heterocycles. The number of hydrogen-bond acceptors (Lipinski definition) is 6. The predicted molar refractivity (Wildman–Crippen MR) is 179 cm³/mol. The third-order valence-corrected chi connectivity index (χ3v) is 11.5. The van der Waals surface area contributed by atoms with Crippen molar-refractivity contribution in [3.8, 4) is 17.3 Å². The Morgan fingerprint density at radius 1 is 0.935 bits per heavy atom. The Balaban J connectivity index is 1.13. The molecule has 3 atom stereocenters. The van der Waals surface area contributed by atoms with Crippen LogP contribution in [0.2, 0.25) is 0 Å². The van der Waals surface area contributed by atoms with Gasteiger partial charge in [-0.15, -0.1) is 0 Å². The minimum absolute atomic E-state index is 0.00312. The number of methoxy groups -OCH3 is 1. The van der Waals surface area contributed by atoms with Gasteiger partial charge in [0.2, 0.25) is 0 Å². The molecule has 10 heteroatoms. The number of likely N-dealkylation sites (tertiary alicyclic amines) is 2. The predicted octanol–water partition coefficient (Wildman–Crippen LogP) is 5.47. The quantitative estimate of drug-likeness (QED) is 0.244. The first-order chi connectivity index (χ1) is 22.5. The molecule has 2 aromatic carbocycles. The highest BCUT2D eigenvalue weighted by atomic mass is 32.1. The summed E-state index contributed by atoms with van der Waals surface area (Å²) in [5.41, 5.74) is 11.7. The minimum Gasteiger partial charge on any atom is -0.494 e. The molecule has 2 aliphatic heterocycles. The summed E-state index contributed by atoms with van der Waals surface area (Å²) in [6.07, 6.45) is 4.56. The van der Waals surface area contributed by atoms with E-state index in [1.807, 2.05) is 38.8 Å². The lowest BCUT2D eigenvalue weighted by molar-refractivity contribution is 0.0472. The Hall–Kier alpha value is -4.15. The number of rotatable bonds is 8. The van der Waals surface area contributed by atoms with E-state index in [1.54, 1.807) is 18.4 Å². The molecule has 236 valence electrons. The largest absolute Gasteiger partial charge is 0.494 e. The van der Waals surface area contributed by atoms with E-state index in [4.69, 9.17) is 15.5 Å². The summed E-state index contributed by atoms with van der Waals surface area (Å²) in [6.45, 7) is 3.74. The number of aromatic nitrogens is 3. The lowest BCUT2D eigenvalue weighted by Crippen LogP contribution is -2.51. The van der Waals surface area contributed by atoms with Crippen molar-refractivity contribution in [2.75, 3.05) is 26.7 Å². The SMILES string of the molecule is COc1cc(C(=O)N2CC3CCC2[C@@H]3N)cc2nc(-c3cc4ccccc4n3CC3CC3)n(CC3CN(C(=O)c4ccsc4)C3)c12. The summed E-state index contributed by atoms with van der Waals surface area (Å²) >= 11 is 1.55. The van der Waals surface area contributed by atoms with Crippen molar-refractivity contribution >= 4 is 45.1 Å². The molecule has 9 nitrogen and oxygen atoms in total. The molecular formula is C36H38N6O3S. The average Bonchev–Trinajstić information content (AvgIpc) is 3.44. The molecule has 0 radical (unpaired) electrons.